The smallest absolute Gasteiger partial charge is 0.242 e. The highest BCUT2D eigenvalue weighted by Gasteiger charge is 2.31. The van der Waals surface area contributed by atoms with E-state index in [2.05, 4.69) is 0 Å². The summed E-state index contributed by atoms with van der Waals surface area (Å²) in [5.41, 5.74) is 1.03. The Morgan fingerprint density at radius 3 is 2.44 bits per heavy atom. The quantitative estimate of drug-likeness (QED) is 0.391. The van der Waals surface area contributed by atoms with Crippen molar-refractivity contribution in [3.8, 4) is 11.5 Å². The zero-order chi connectivity index (χ0) is 24.3. The summed E-state index contributed by atoms with van der Waals surface area (Å²) in [6, 6.07) is 9.41. The van der Waals surface area contributed by atoms with Crippen molar-refractivity contribution >= 4 is 11.8 Å². The van der Waals surface area contributed by atoms with E-state index in [-0.39, 0.29) is 24.3 Å². The maximum atomic E-state index is 13.4. The van der Waals surface area contributed by atoms with E-state index in [1.54, 1.807) is 37.4 Å². The molecular weight excluding hydrogens is 436 g/mol. The number of ether oxygens (including phenoxy) is 3. The lowest BCUT2D eigenvalue weighted by atomic mass is 9.84. The third kappa shape index (κ3) is 7.00. The van der Waals surface area contributed by atoms with Crippen LogP contribution >= 0.6 is 0 Å². The fourth-order valence-electron chi connectivity index (χ4n) is 4.03. The Hall–Kier alpha value is -3.00. The summed E-state index contributed by atoms with van der Waals surface area (Å²) in [6.45, 7) is 1.96. The Balaban J connectivity index is 1.70. The first-order chi connectivity index (χ1) is 16.5. The summed E-state index contributed by atoms with van der Waals surface area (Å²) < 4.78 is 21.4. The van der Waals surface area contributed by atoms with E-state index in [4.69, 9.17) is 18.6 Å². The molecule has 186 valence electrons. The molecule has 0 radical (unpaired) electrons. The normalized spacial score (nSPS) is 13.3. The fourth-order valence-corrected chi connectivity index (χ4v) is 4.03. The molecule has 1 aromatic carbocycles. The standard InChI is InChI=1S/C26H36N2O6/c1-31-15-6-13-28(26(30)21-7-4-8-21)19-25(29)27(18-22-9-5-16-34-22)14-12-20-10-11-23(32-2)24(17-20)33-3/h5,9-11,16-17,21H,4,6-8,12-15,18-19H2,1-3H3. The van der Waals surface area contributed by atoms with Crippen molar-refractivity contribution in [3.63, 3.8) is 0 Å². The number of benzene rings is 1. The molecule has 0 unspecified atom stereocenters. The highest BCUT2D eigenvalue weighted by molar-refractivity contribution is 5.86. The van der Waals surface area contributed by atoms with Gasteiger partial charge in [0.05, 0.1) is 33.6 Å². The second-order valence-corrected chi connectivity index (χ2v) is 8.57. The van der Waals surface area contributed by atoms with Crippen LogP contribution in [0.4, 0.5) is 0 Å². The van der Waals surface area contributed by atoms with Crippen LogP contribution in [0.15, 0.2) is 41.0 Å². The van der Waals surface area contributed by atoms with E-state index in [0.29, 0.717) is 56.3 Å². The van der Waals surface area contributed by atoms with Crippen LogP contribution in [-0.2, 0) is 27.3 Å². The fraction of sp³-hybridized carbons (Fsp3) is 0.538. The van der Waals surface area contributed by atoms with E-state index in [0.717, 1.165) is 24.8 Å². The molecule has 1 aliphatic rings. The molecule has 1 saturated carbocycles. The van der Waals surface area contributed by atoms with Gasteiger partial charge in [0.1, 0.15) is 5.76 Å². The number of rotatable bonds is 14. The second-order valence-electron chi connectivity index (χ2n) is 8.57. The second kappa shape index (κ2) is 13.0. The van der Waals surface area contributed by atoms with Gasteiger partial charge in [-0.3, -0.25) is 9.59 Å². The summed E-state index contributed by atoms with van der Waals surface area (Å²) in [4.78, 5) is 29.8. The van der Waals surface area contributed by atoms with E-state index < -0.39 is 0 Å². The van der Waals surface area contributed by atoms with Gasteiger partial charge in [-0.05, 0) is 55.5 Å². The molecule has 0 atom stereocenters. The van der Waals surface area contributed by atoms with E-state index in [9.17, 15) is 9.59 Å². The average molecular weight is 473 g/mol. The Labute approximate surface area is 201 Å². The van der Waals surface area contributed by atoms with Crippen LogP contribution < -0.4 is 9.47 Å². The molecule has 1 aliphatic carbocycles. The highest BCUT2D eigenvalue weighted by Crippen LogP contribution is 2.29. The van der Waals surface area contributed by atoms with E-state index >= 15 is 0 Å². The van der Waals surface area contributed by atoms with Crippen molar-refractivity contribution in [2.24, 2.45) is 5.92 Å². The number of furan rings is 1. The predicted octanol–water partition coefficient (Wildman–Crippen LogP) is 3.53. The van der Waals surface area contributed by atoms with Crippen LogP contribution in [0, 0.1) is 5.92 Å². The van der Waals surface area contributed by atoms with Gasteiger partial charge in [-0.1, -0.05) is 12.5 Å². The lowest BCUT2D eigenvalue weighted by molar-refractivity contribution is -0.145. The van der Waals surface area contributed by atoms with Gasteiger partial charge in [0.25, 0.3) is 0 Å². The molecule has 2 aromatic rings. The number of hydrogen-bond acceptors (Lipinski definition) is 6. The number of methoxy groups -OCH3 is 3. The first kappa shape index (κ1) is 25.6. The van der Waals surface area contributed by atoms with Crippen molar-refractivity contribution in [2.75, 3.05) is 47.6 Å². The van der Waals surface area contributed by atoms with Gasteiger partial charge >= 0.3 is 0 Å². The highest BCUT2D eigenvalue weighted by atomic mass is 16.5. The van der Waals surface area contributed by atoms with Gasteiger partial charge < -0.3 is 28.4 Å². The van der Waals surface area contributed by atoms with Crippen LogP contribution in [-0.4, -0.2) is 69.2 Å². The van der Waals surface area contributed by atoms with Gasteiger partial charge in [0.2, 0.25) is 11.8 Å². The van der Waals surface area contributed by atoms with Crippen molar-refractivity contribution in [1.82, 2.24) is 9.80 Å². The van der Waals surface area contributed by atoms with Crippen LogP contribution in [0.5, 0.6) is 11.5 Å². The summed E-state index contributed by atoms with van der Waals surface area (Å²) in [6.07, 6.45) is 5.82. The van der Waals surface area contributed by atoms with E-state index in [1.165, 1.54) is 0 Å². The van der Waals surface area contributed by atoms with Crippen LogP contribution in [0.2, 0.25) is 0 Å². The molecule has 1 fully saturated rings. The van der Waals surface area contributed by atoms with Gasteiger partial charge in [-0.2, -0.15) is 0 Å². The van der Waals surface area contributed by atoms with Gasteiger partial charge in [-0.25, -0.2) is 0 Å². The molecule has 2 amide bonds. The third-order valence-electron chi connectivity index (χ3n) is 6.27. The largest absolute Gasteiger partial charge is 0.493 e. The number of carbonyl (C=O) groups is 2. The van der Waals surface area contributed by atoms with Crippen LogP contribution in [0.1, 0.15) is 37.0 Å². The first-order valence-electron chi connectivity index (χ1n) is 11.8. The number of amides is 2. The monoisotopic (exact) mass is 472 g/mol. The zero-order valence-electron chi connectivity index (χ0n) is 20.5. The molecule has 3 rings (SSSR count). The minimum absolute atomic E-state index is 0.0423. The molecule has 0 N–H and O–H groups in total. The number of hydrogen-bond donors (Lipinski definition) is 0. The first-order valence-corrected chi connectivity index (χ1v) is 11.8. The summed E-state index contributed by atoms with van der Waals surface area (Å²) >= 11 is 0. The molecule has 0 aliphatic heterocycles. The average Bonchev–Trinajstić information content (AvgIpc) is 3.32. The maximum absolute atomic E-state index is 13.4. The van der Waals surface area contributed by atoms with Gasteiger partial charge in [-0.15, -0.1) is 0 Å². The Bertz CT molecular complexity index is 910. The number of carbonyl (C=O) groups excluding carboxylic acids is 2. The van der Waals surface area contributed by atoms with Crippen LogP contribution in [0.25, 0.3) is 0 Å². The maximum Gasteiger partial charge on any atom is 0.242 e. The Morgan fingerprint density at radius 2 is 1.82 bits per heavy atom. The summed E-state index contributed by atoms with van der Waals surface area (Å²) in [5.74, 6) is 2.04. The molecule has 1 heterocycles. The minimum atomic E-state index is -0.0954. The van der Waals surface area contributed by atoms with Crippen molar-refractivity contribution in [3.05, 3.63) is 47.9 Å². The summed E-state index contributed by atoms with van der Waals surface area (Å²) in [7, 11) is 4.85. The van der Waals surface area contributed by atoms with Crippen molar-refractivity contribution in [2.45, 2.75) is 38.6 Å². The van der Waals surface area contributed by atoms with Gasteiger partial charge in [0, 0.05) is 32.7 Å². The molecule has 0 bridgehead atoms. The summed E-state index contributed by atoms with van der Waals surface area (Å²) in [5, 5.41) is 0. The van der Waals surface area contributed by atoms with Crippen molar-refractivity contribution in [1.29, 1.82) is 0 Å². The van der Waals surface area contributed by atoms with Crippen molar-refractivity contribution < 1.29 is 28.2 Å². The zero-order valence-corrected chi connectivity index (χ0v) is 20.5. The molecule has 8 heteroatoms. The Morgan fingerprint density at radius 1 is 1.03 bits per heavy atom. The lowest BCUT2D eigenvalue weighted by Crippen LogP contribution is -2.46. The molecule has 0 spiro atoms. The topological polar surface area (TPSA) is 81.5 Å². The van der Waals surface area contributed by atoms with Gasteiger partial charge in [0.15, 0.2) is 11.5 Å². The molecule has 0 saturated heterocycles. The predicted molar refractivity (Wildman–Crippen MR) is 128 cm³/mol. The molecule has 8 nitrogen and oxygen atoms in total. The number of nitrogens with zero attached hydrogens (tertiary/aromatic N) is 2. The lowest BCUT2D eigenvalue weighted by Gasteiger charge is -2.33. The minimum Gasteiger partial charge on any atom is -0.493 e. The SMILES string of the molecule is COCCCN(CC(=O)N(CCc1ccc(OC)c(OC)c1)Cc1ccco1)C(=O)C1CCC1. The third-order valence-corrected chi connectivity index (χ3v) is 6.27. The Kier molecular flexibility index (Phi) is 9.82. The molecule has 34 heavy (non-hydrogen) atoms. The molecular formula is C26H36N2O6. The van der Waals surface area contributed by atoms with Crippen LogP contribution in [0.3, 0.4) is 0 Å². The molecule has 1 aromatic heterocycles. The van der Waals surface area contributed by atoms with E-state index in [1.807, 2.05) is 30.3 Å².